The van der Waals surface area contributed by atoms with Crippen molar-refractivity contribution in [1.29, 1.82) is 0 Å². The second-order valence-corrected chi connectivity index (χ2v) is 7.00. The van der Waals surface area contributed by atoms with E-state index >= 15 is 0 Å². The molecule has 1 aromatic carbocycles. The summed E-state index contributed by atoms with van der Waals surface area (Å²) in [5.74, 6) is -0.607. The number of piperazine rings is 1. The zero-order chi connectivity index (χ0) is 17.7. The van der Waals surface area contributed by atoms with Crippen molar-refractivity contribution in [3.8, 4) is 5.75 Å². The van der Waals surface area contributed by atoms with Gasteiger partial charge in [-0.15, -0.1) is 0 Å². The molecule has 1 N–H and O–H groups in total. The van der Waals surface area contributed by atoms with Gasteiger partial charge in [0.25, 0.3) is 0 Å². The smallest absolute Gasteiger partial charge is 0.307 e. The third-order valence-electron chi connectivity index (χ3n) is 3.61. The maximum Gasteiger partial charge on any atom is 0.307 e. The molecule has 0 aliphatic carbocycles. The topological polar surface area (TPSA) is 102 Å². The second-order valence-electron chi connectivity index (χ2n) is 5.11. The highest BCUT2D eigenvalue weighted by molar-refractivity contribution is 7.89. The van der Waals surface area contributed by atoms with Crippen molar-refractivity contribution in [3.05, 3.63) is 24.3 Å². The largest absolute Gasteiger partial charge is 0.494 e. The molecule has 0 bridgehead atoms. The molecule has 1 unspecified atom stereocenters. The first-order chi connectivity index (χ1) is 11.4. The highest BCUT2D eigenvalue weighted by atomic mass is 32.2. The van der Waals surface area contributed by atoms with E-state index in [1.165, 1.54) is 19.2 Å². The van der Waals surface area contributed by atoms with E-state index in [-0.39, 0.29) is 24.4 Å². The summed E-state index contributed by atoms with van der Waals surface area (Å²) in [6.07, 6.45) is -0.335. The third kappa shape index (κ3) is 3.85. The minimum atomic E-state index is -3.92. The number of methoxy groups -OCH3 is 1. The average Bonchev–Trinajstić information content (AvgIpc) is 2.57. The van der Waals surface area contributed by atoms with E-state index in [0.717, 1.165) is 4.31 Å². The highest BCUT2D eigenvalue weighted by Gasteiger charge is 2.39. The Morgan fingerprint density at radius 3 is 2.58 bits per heavy atom. The van der Waals surface area contributed by atoms with Gasteiger partial charge >= 0.3 is 5.97 Å². The Morgan fingerprint density at radius 1 is 1.33 bits per heavy atom. The van der Waals surface area contributed by atoms with Gasteiger partial charge < -0.3 is 14.8 Å². The molecule has 1 heterocycles. The molecule has 132 valence electrons. The number of esters is 1. The molecule has 2 rings (SSSR count). The van der Waals surface area contributed by atoms with Gasteiger partial charge in [0.2, 0.25) is 15.9 Å². The lowest BCUT2D eigenvalue weighted by Gasteiger charge is -2.33. The van der Waals surface area contributed by atoms with E-state index in [1.54, 1.807) is 12.1 Å². The van der Waals surface area contributed by atoms with Gasteiger partial charge in [0, 0.05) is 13.1 Å². The van der Waals surface area contributed by atoms with Crippen molar-refractivity contribution in [3.63, 3.8) is 0 Å². The molecule has 9 heteroatoms. The molecule has 1 saturated heterocycles. The van der Waals surface area contributed by atoms with Crippen LogP contribution in [-0.4, -0.2) is 57.4 Å². The summed E-state index contributed by atoms with van der Waals surface area (Å²) in [5, 5.41) is 2.57. The minimum Gasteiger partial charge on any atom is -0.494 e. The van der Waals surface area contributed by atoms with Crippen LogP contribution in [0.2, 0.25) is 0 Å². The van der Waals surface area contributed by atoms with Crippen LogP contribution in [0, 0.1) is 0 Å². The molecule has 1 aliphatic heterocycles. The molecule has 1 aromatic rings. The van der Waals surface area contributed by atoms with Crippen LogP contribution < -0.4 is 10.1 Å². The predicted molar refractivity (Wildman–Crippen MR) is 84.9 cm³/mol. The number of ether oxygens (including phenoxy) is 2. The zero-order valence-corrected chi connectivity index (χ0v) is 14.3. The lowest BCUT2D eigenvalue weighted by Crippen LogP contribution is -2.57. The molecule has 0 aromatic heterocycles. The van der Waals surface area contributed by atoms with E-state index in [9.17, 15) is 18.0 Å². The van der Waals surface area contributed by atoms with Gasteiger partial charge in [0.15, 0.2) is 0 Å². The Bertz CT molecular complexity index is 701. The first-order valence-electron chi connectivity index (χ1n) is 7.49. The number of nitrogens with one attached hydrogen (secondary N) is 1. The van der Waals surface area contributed by atoms with Crippen molar-refractivity contribution in [2.75, 3.05) is 26.8 Å². The number of hydrogen-bond acceptors (Lipinski definition) is 6. The van der Waals surface area contributed by atoms with E-state index in [1.807, 2.05) is 6.92 Å². The van der Waals surface area contributed by atoms with Crippen molar-refractivity contribution in [2.24, 2.45) is 0 Å². The lowest BCUT2D eigenvalue weighted by molar-refractivity contribution is -0.144. The number of rotatable bonds is 6. The first kappa shape index (κ1) is 18.2. The monoisotopic (exact) mass is 356 g/mol. The van der Waals surface area contributed by atoms with Crippen molar-refractivity contribution < 1.29 is 27.5 Å². The van der Waals surface area contributed by atoms with Gasteiger partial charge in [0.05, 0.1) is 25.0 Å². The Kier molecular flexibility index (Phi) is 5.79. The second kappa shape index (κ2) is 7.63. The van der Waals surface area contributed by atoms with Crippen LogP contribution in [0.5, 0.6) is 5.75 Å². The zero-order valence-electron chi connectivity index (χ0n) is 13.5. The SMILES string of the molecule is CCOc1ccc(S(=O)(=O)N2CCNC(=O)C2CC(=O)OC)cc1. The summed E-state index contributed by atoms with van der Waals surface area (Å²) in [5.41, 5.74) is 0. The fraction of sp³-hybridized carbons (Fsp3) is 0.467. The van der Waals surface area contributed by atoms with Crippen LogP contribution in [0.1, 0.15) is 13.3 Å². The summed E-state index contributed by atoms with van der Waals surface area (Å²) in [7, 11) is -2.73. The quantitative estimate of drug-likeness (QED) is 0.728. The number of benzene rings is 1. The first-order valence-corrected chi connectivity index (χ1v) is 8.93. The molecular formula is C15H20N2O6S. The third-order valence-corrected chi connectivity index (χ3v) is 5.53. The summed E-state index contributed by atoms with van der Waals surface area (Å²) < 4.78 is 36.6. The van der Waals surface area contributed by atoms with E-state index in [0.29, 0.717) is 12.4 Å². The van der Waals surface area contributed by atoms with Crippen LogP contribution in [0.25, 0.3) is 0 Å². The van der Waals surface area contributed by atoms with Crippen LogP contribution in [0.15, 0.2) is 29.2 Å². The normalized spacial score (nSPS) is 18.8. The molecule has 1 amide bonds. The molecule has 0 spiro atoms. The minimum absolute atomic E-state index is 0.0375. The summed E-state index contributed by atoms with van der Waals surface area (Å²) in [6, 6.07) is 4.82. The van der Waals surface area contributed by atoms with Crippen LogP contribution in [0.3, 0.4) is 0 Å². The van der Waals surface area contributed by atoms with Gasteiger partial charge in [0.1, 0.15) is 11.8 Å². The summed E-state index contributed by atoms with van der Waals surface area (Å²) in [6.45, 7) is 2.57. The van der Waals surface area contributed by atoms with Crippen LogP contribution >= 0.6 is 0 Å². The van der Waals surface area contributed by atoms with E-state index in [2.05, 4.69) is 10.1 Å². The predicted octanol–water partition coefficient (Wildman–Crippen LogP) is 0.138. The Morgan fingerprint density at radius 2 is 2.00 bits per heavy atom. The number of sulfonamides is 1. The maximum atomic E-state index is 12.8. The van der Waals surface area contributed by atoms with Crippen molar-refractivity contribution >= 4 is 21.9 Å². The molecular weight excluding hydrogens is 336 g/mol. The molecule has 24 heavy (non-hydrogen) atoms. The maximum absolute atomic E-state index is 12.8. The molecule has 0 radical (unpaired) electrons. The number of carbonyl (C=O) groups excluding carboxylic acids is 2. The summed E-state index contributed by atoms with van der Waals surface area (Å²) in [4.78, 5) is 23.6. The van der Waals surface area contributed by atoms with E-state index < -0.39 is 27.9 Å². The van der Waals surface area contributed by atoms with Gasteiger partial charge in [-0.25, -0.2) is 8.42 Å². The number of nitrogens with zero attached hydrogens (tertiary/aromatic N) is 1. The van der Waals surface area contributed by atoms with E-state index in [4.69, 9.17) is 4.74 Å². The fourth-order valence-electron chi connectivity index (χ4n) is 2.43. The standard InChI is InChI=1S/C15H20N2O6S/c1-3-23-11-4-6-12(7-5-11)24(20,21)17-9-8-16-15(19)13(17)10-14(18)22-2/h4-7,13H,3,8-10H2,1-2H3,(H,16,19). The van der Waals surface area contributed by atoms with Gasteiger partial charge in [-0.1, -0.05) is 0 Å². The Hall–Kier alpha value is -2.13. The molecule has 1 aliphatic rings. The van der Waals surface area contributed by atoms with Gasteiger partial charge in [-0.2, -0.15) is 4.31 Å². The Balaban J connectivity index is 2.30. The van der Waals surface area contributed by atoms with Crippen molar-refractivity contribution in [1.82, 2.24) is 9.62 Å². The molecule has 0 saturated carbocycles. The average molecular weight is 356 g/mol. The lowest BCUT2D eigenvalue weighted by atomic mass is 10.1. The molecule has 1 fully saturated rings. The number of carbonyl (C=O) groups is 2. The fourth-order valence-corrected chi connectivity index (χ4v) is 4.01. The molecule has 1 atom stereocenters. The number of hydrogen-bond donors (Lipinski definition) is 1. The van der Waals surface area contributed by atoms with Crippen LogP contribution in [0.4, 0.5) is 0 Å². The van der Waals surface area contributed by atoms with Crippen LogP contribution in [-0.2, 0) is 24.3 Å². The number of amides is 1. The summed E-state index contributed by atoms with van der Waals surface area (Å²) >= 11 is 0. The van der Waals surface area contributed by atoms with Crippen molar-refractivity contribution in [2.45, 2.75) is 24.3 Å². The van der Waals surface area contributed by atoms with Gasteiger partial charge in [-0.05, 0) is 31.2 Å². The van der Waals surface area contributed by atoms with Gasteiger partial charge in [-0.3, -0.25) is 9.59 Å². The highest BCUT2D eigenvalue weighted by Crippen LogP contribution is 2.23. The molecule has 8 nitrogen and oxygen atoms in total. The Labute approximate surface area is 140 Å².